The van der Waals surface area contributed by atoms with Crippen molar-refractivity contribution in [3.63, 3.8) is 0 Å². The number of benzene rings is 3. The molecule has 170 valence electrons. The second-order valence-electron chi connectivity index (χ2n) is 7.74. The van der Waals surface area contributed by atoms with Crippen molar-refractivity contribution >= 4 is 28.5 Å². The number of primary amides is 1. The number of nitrogens with two attached hydrogens (primary N) is 1. The molecule has 0 saturated carbocycles. The zero-order valence-corrected chi connectivity index (χ0v) is 18.2. The Bertz CT molecular complexity index is 1370. The number of hydrogen-bond donors (Lipinski definition) is 4. The molecule has 1 aromatic heterocycles. The van der Waals surface area contributed by atoms with Crippen molar-refractivity contribution in [2.24, 2.45) is 5.73 Å². The van der Waals surface area contributed by atoms with Crippen LogP contribution in [0.1, 0.15) is 16.7 Å². The van der Waals surface area contributed by atoms with Gasteiger partial charge in [0.05, 0.1) is 11.6 Å². The van der Waals surface area contributed by atoms with Gasteiger partial charge in [0.2, 0.25) is 5.91 Å². The predicted octanol–water partition coefficient (Wildman–Crippen LogP) is 3.84. The van der Waals surface area contributed by atoms with Crippen LogP contribution in [0.2, 0.25) is 0 Å². The smallest absolute Gasteiger partial charge is 0.312 e. The Morgan fingerprint density at radius 2 is 1.88 bits per heavy atom. The summed E-state index contributed by atoms with van der Waals surface area (Å²) in [7, 11) is 0. The van der Waals surface area contributed by atoms with E-state index in [0.717, 1.165) is 22.0 Å². The van der Waals surface area contributed by atoms with Gasteiger partial charge >= 0.3 is 6.03 Å². The standard InChI is InChI=1S/C26H23N5O3/c27-14-17-5-3-6-18(11-17)16-34-21-8-4-7-20(13-21)30-25(32)24(31-26(28)33)12-19-15-29-23-10-2-1-9-22(19)23/h1-11,13,15,24,29H,12,16H2,(H,30,32)(H3,28,31,33). The van der Waals surface area contributed by atoms with Gasteiger partial charge in [-0.25, -0.2) is 4.79 Å². The number of nitrogens with zero attached hydrogens (tertiary/aromatic N) is 1. The van der Waals surface area contributed by atoms with Crippen LogP contribution in [-0.2, 0) is 17.8 Å². The zero-order chi connectivity index (χ0) is 23.9. The van der Waals surface area contributed by atoms with Gasteiger partial charge in [-0.2, -0.15) is 5.26 Å². The summed E-state index contributed by atoms with van der Waals surface area (Å²) in [4.78, 5) is 27.7. The van der Waals surface area contributed by atoms with Gasteiger partial charge in [-0.15, -0.1) is 0 Å². The minimum Gasteiger partial charge on any atom is -0.489 e. The highest BCUT2D eigenvalue weighted by molar-refractivity contribution is 5.97. The van der Waals surface area contributed by atoms with Crippen molar-refractivity contribution in [3.8, 4) is 11.8 Å². The number of nitriles is 1. The monoisotopic (exact) mass is 453 g/mol. The summed E-state index contributed by atoms with van der Waals surface area (Å²) in [5.74, 6) is 0.152. The number of rotatable bonds is 8. The molecular formula is C26H23N5O3. The van der Waals surface area contributed by atoms with Crippen LogP contribution in [-0.4, -0.2) is 23.0 Å². The number of aromatic amines is 1. The van der Waals surface area contributed by atoms with E-state index in [1.54, 1.807) is 42.5 Å². The maximum atomic E-state index is 13.0. The highest BCUT2D eigenvalue weighted by atomic mass is 16.5. The molecule has 5 N–H and O–H groups in total. The molecule has 1 unspecified atom stereocenters. The number of anilines is 1. The maximum Gasteiger partial charge on any atom is 0.312 e. The first-order valence-electron chi connectivity index (χ1n) is 10.7. The molecule has 1 atom stereocenters. The van der Waals surface area contributed by atoms with Gasteiger partial charge in [0, 0.05) is 35.3 Å². The van der Waals surface area contributed by atoms with E-state index in [1.165, 1.54) is 0 Å². The summed E-state index contributed by atoms with van der Waals surface area (Å²) in [6.07, 6.45) is 2.09. The molecule has 8 nitrogen and oxygen atoms in total. The number of ether oxygens (including phenoxy) is 1. The van der Waals surface area contributed by atoms with Gasteiger partial charge < -0.3 is 26.1 Å². The first kappa shape index (κ1) is 22.4. The molecule has 8 heteroatoms. The number of amides is 3. The highest BCUT2D eigenvalue weighted by Crippen LogP contribution is 2.21. The molecule has 3 amide bonds. The second-order valence-corrected chi connectivity index (χ2v) is 7.74. The maximum absolute atomic E-state index is 13.0. The minimum atomic E-state index is -0.866. The summed E-state index contributed by atoms with van der Waals surface area (Å²) in [6.45, 7) is 0.277. The third kappa shape index (κ3) is 5.53. The molecule has 0 radical (unpaired) electrons. The lowest BCUT2D eigenvalue weighted by molar-refractivity contribution is -0.117. The Balaban J connectivity index is 1.45. The molecule has 0 spiro atoms. The molecule has 1 heterocycles. The summed E-state index contributed by atoms with van der Waals surface area (Å²) >= 11 is 0. The second kappa shape index (κ2) is 10.2. The Kier molecular flexibility index (Phi) is 6.75. The van der Waals surface area contributed by atoms with Gasteiger partial charge in [-0.1, -0.05) is 36.4 Å². The van der Waals surface area contributed by atoms with Crippen molar-refractivity contribution < 1.29 is 14.3 Å². The first-order chi connectivity index (χ1) is 16.5. The summed E-state index contributed by atoms with van der Waals surface area (Å²) in [5, 5.41) is 15.4. The molecule has 0 aliphatic heterocycles. The SMILES string of the molecule is N#Cc1cccc(COc2cccc(NC(=O)C(Cc3c[nH]c4ccccc34)NC(N)=O)c2)c1. The number of carbonyl (C=O) groups excluding carboxylic acids is 2. The van der Waals surface area contributed by atoms with Crippen molar-refractivity contribution in [2.75, 3.05) is 5.32 Å². The molecule has 3 aromatic carbocycles. The van der Waals surface area contributed by atoms with Crippen molar-refractivity contribution in [3.05, 3.63) is 95.7 Å². The fourth-order valence-electron chi connectivity index (χ4n) is 3.69. The Labute approximate surface area is 196 Å². The Morgan fingerprint density at radius 1 is 1.06 bits per heavy atom. The van der Waals surface area contributed by atoms with E-state index in [0.29, 0.717) is 17.0 Å². The van der Waals surface area contributed by atoms with Crippen molar-refractivity contribution in [2.45, 2.75) is 19.1 Å². The zero-order valence-electron chi connectivity index (χ0n) is 18.2. The van der Waals surface area contributed by atoms with Gasteiger partial charge in [0.1, 0.15) is 18.4 Å². The Morgan fingerprint density at radius 3 is 2.71 bits per heavy atom. The van der Waals surface area contributed by atoms with Crippen molar-refractivity contribution in [1.82, 2.24) is 10.3 Å². The lowest BCUT2D eigenvalue weighted by Crippen LogP contribution is -2.47. The normalized spacial score (nSPS) is 11.4. The summed E-state index contributed by atoms with van der Waals surface area (Å²) in [6, 6.07) is 22.3. The van der Waals surface area contributed by atoms with Crippen LogP contribution in [0.15, 0.2) is 79.0 Å². The Hall–Kier alpha value is -4.77. The van der Waals surface area contributed by atoms with E-state index in [9.17, 15) is 9.59 Å². The predicted molar refractivity (Wildman–Crippen MR) is 129 cm³/mol. The first-order valence-corrected chi connectivity index (χ1v) is 10.7. The molecule has 0 saturated heterocycles. The fourth-order valence-corrected chi connectivity index (χ4v) is 3.69. The lowest BCUT2D eigenvalue weighted by atomic mass is 10.0. The van der Waals surface area contributed by atoms with Gasteiger partial charge in [0.15, 0.2) is 0 Å². The molecule has 4 rings (SSSR count). The third-order valence-corrected chi connectivity index (χ3v) is 5.30. The van der Waals surface area contributed by atoms with E-state index < -0.39 is 18.0 Å². The average Bonchev–Trinajstić information content (AvgIpc) is 3.25. The van der Waals surface area contributed by atoms with Crippen LogP contribution in [0.5, 0.6) is 5.75 Å². The van der Waals surface area contributed by atoms with Gasteiger partial charge in [0.25, 0.3) is 0 Å². The van der Waals surface area contributed by atoms with E-state index >= 15 is 0 Å². The molecule has 0 fully saturated rings. The van der Waals surface area contributed by atoms with E-state index in [1.807, 2.05) is 36.5 Å². The lowest BCUT2D eigenvalue weighted by Gasteiger charge is -2.17. The summed E-state index contributed by atoms with van der Waals surface area (Å²) < 4.78 is 5.82. The van der Waals surface area contributed by atoms with Crippen LogP contribution < -0.4 is 21.1 Å². The molecule has 34 heavy (non-hydrogen) atoms. The van der Waals surface area contributed by atoms with E-state index in [-0.39, 0.29) is 13.0 Å². The molecular weight excluding hydrogens is 430 g/mol. The number of H-pyrrole nitrogens is 1. The van der Waals surface area contributed by atoms with E-state index in [2.05, 4.69) is 21.7 Å². The van der Waals surface area contributed by atoms with Crippen LogP contribution >= 0.6 is 0 Å². The minimum absolute atomic E-state index is 0.268. The quantitative estimate of drug-likeness (QED) is 0.323. The third-order valence-electron chi connectivity index (χ3n) is 5.30. The molecule has 0 bridgehead atoms. The molecule has 0 aliphatic carbocycles. The van der Waals surface area contributed by atoms with Crippen molar-refractivity contribution in [1.29, 1.82) is 5.26 Å². The van der Waals surface area contributed by atoms with Crippen LogP contribution in [0.4, 0.5) is 10.5 Å². The van der Waals surface area contributed by atoms with Crippen LogP contribution in [0.3, 0.4) is 0 Å². The fraction of sp³-hybridized carbons (Fsp3) is 0.115. The van der Waals surface area contributed by atoms with E-state index in [4.69, 9.17) is 15.7 Å². The number of hydrogen-bond acceptors (Lipinski definition) is 4. The van der Waals surface area contributed by atoms with Gasteiger partial charge in [-0.05, 0) is 41.5 Å². The number of para-hydroxylation sites is 1. The average molecular weight is 454 g/mol. The highest BCUT2D eigenvalue weighted by Gasteiger charge is 2.22. The molecule has 4 aromatic rings. The van der Waals surface area contributed by atoms with Gasteiger partial charge in [-0.3, -0.25) is 4.79 Å². The number of fused-ring (bicyclic) bond motifs is 1. The topological polar surface area (TPSA) is 133 Å². The van der Waals surface area contributed by atoms with Crippen LogP contribution in [0, 0.1) is 11.3 Å². The summed E-state index contributed by atoms with van der Waals surface area (Å²) in [5.41, 5.74) is 9.10. The number of nitrogens with one attached hydrogen (secondary N) is 3. The van der Waals surface area contributed by atoms with Crippen LogP contribution in [0.25, 0.3) is 10.9 Å². The largest absolute Gasteiger partial charge is 0.489 e. The number of aromatic nitrogens is 1. The molecule has 0 aliphatic rings. The number of carbonyl (C=O) groups is 2. The number of urea groups is 1.